The third kappa shape index (κ3) is 3.62. The van der Waals surface area contributed by atoms with Crippen LogP contribution in [0.1, 0.15) is 5.56 Å². The lowest BCUT2D eigenvalue weighted by Gasteiger charge is -2.31. The summed E-state index contributed by atoms with van der Waals surface area (Å²) in [6.07, 6.45) is -0.881. The first-order valence-corrected chi connectivity index (χ1v) is 6.79. The van der Waals surface area contributed by atoms with Crippen molar-refractivity contribution < 1.29 is 19.4 Å². The van der Waals surface area contributed by atoms with Crippen LogP contribution < -0.4 is 0 Å². The van der Waals surface area contributed by atoms with Gasteiger partial charge in [-0.15, -0.1) is 0 Å². The molecule has 0 bridgehead atoms. The van der Waals surface area contributed by atoms with Gasteiger partial charge in [0.1, 0.15) is 0 Å². The second-order valence-electron chi connectivity index (χ2n) is 4.45. The first-order chi connectivity index (χ1) is 9.47. The molecule has 0 radical (unpaired) electrons. The van der Waals surface area contributed by atoms with Gasteiger partial charge >= 0.3 is 5.97 Å². The summed E-state index contributed by atoms with van der Waals surface area (Å²) in [4.78, 5) is 24.5. The maximum Gasteiger partial charge on any atom is 0.334 e. The molecule has 0 aliphatic carbocycles. The van der Waals surface area contributed by atoms with Gasteiger partial charge in [0.2, 0.25) is 5.91 Å². The average molecular weight is 318 g/mol. The molecule has 108 valence electrons. The van der Waals surface area contributed by atoms with Crippen LogP contribution in [0.25, 0.3) is 0 Å². The number of carboxylic acids is 1. The zero-order valence-electron chi connectivity index (χ0n) is 10.5. The Labute approximate surface area is 126 Å². The smallest absolute Gasteiger partial charge is 0.334 e. The summed E-state index contributed by atoms with van der Waals surface area (Å²) < 4.78 is 5.07. The molecule has 0 spiro atoms. The summed E-state index contributed by atoms with van der Waals surface area (Å²) in [7, 11) is 0. The van der Waals surface area contributed by atoms with E-state index in [1.807, 2.05) is 0 Å². The molecule has 1 aliphatic heterocycles. The highest BCUT2D eigenvalue weighted by Gasteiger charge is 2.29. The second-order valence-corrected chi connectivity index (χ2v) is 5.29. The van der Waals surface area contributed by atoms with Crippen molar-refractivity contribution in [3.05, 3.63) is 33.8 Å². The molecule has 1 fully saturated rings. The van der Waals surface area contributed by atoms with Crippen LogP contribution in [0.5, 0.6) is 0 Å². The van der Waals surface area contributed by atoms with Crippen molar-refractivity contribution in [2.75, 3.05) is 19.7 Å². The molecule has 5 nitrogen and oxygen atoms in total. The van der Waals surface area contributed by atoms with E-state index in [0.29, 0.717) is 22.2 Å². The minimum Gasteiger partial charge on any atom is -0.479 e. The van der Waals surface area contributed by atoms with Gasteiger partial charge in [-0.2, -0.15) is 0 Å². The zero-order chi connectivity index (χ0) is 14.7. The summed E-state index contributed by atoms with van der Waals surface area (Å²) in [5.74, 6) is -1.26. The van der Waals surface area contributed by atoms with Gasteiger partial charge in [0.25, 0.3) is 0 Å². The Morgan fingerprint density at radius 1 is 1.40 bits per heavy atom. The molecule has 1 saturated heterocycles. The monoisotopic (exact) mass is 317 g/mol. The largest absolute Gasteiger partial charge is 0.479 e. The van der Waals surface area contributed by atoms with E-state index in [4.69, 9.17) is 33.0 Å². The van der Waals surface area contributed by atoms with Crippen LogP contribution in [0.4, 0.5) is 0 Å². The Morgan fingerprint density at radius 2 is 2.15 bits per heavy atom. The SMILES string of the molecule is O=C(O)[C@@H]1CN(C(=O)Cc2cc(Cl)ccc2Cl)CCO1. The maximum atomic E-state index is 12.2. The third-order valence-electron chi connectivity index (χ3n) is 3.04. The van der Waals surface area contributed by atoms with E-state index in [0.717, 1.165) is 0 Å². The number of carboxylic acid groups (broad SMARTS) is 1. The molecule has 1 amide bonds. The molecule has 1 aromatic carbocycles. The lowest BCUT2D eigenvalue weighted by molar-refractivity contribution is -0.159. The van der Waals surface area contributed by atoms with Crippen LogP contribution >= 0.6 is 23.2 Å². The summed E-state index contributed by atoms with van der Waals surface area (Å²) in [6, 6.07) is 4.91. The molecule has 0 aromatic heterocycles. The Hall–Kier alpha value is -1.30. The Kier molecular flexibility index (Phi) is 4.86. The number of hydrogen-bond donors (Lipinski definition) is 1. The normalized spacial score (nSPS) is 18.9. The second kappa shape index (κ2) is 6.43. The molecule has 0 unspecified atom stereocenters. The van der Waals surface area contributed by atoms with Crippen molar-refractivity contribution in [2.24, 2.45) is 0 Å². The zero-order valence-corrected chi connectivity index (χ0v) is 12.0. The Balaban J connectivity index is 2.04. The molecule has 1 aromatic rings. The predicted molar refractivity (Wildman–Crippen MR) is 74.1 cm³/mol. The van der Waals surface area contributed by atoms with Gasteiger partial charge in [0, 0.05) is 16.6 Å². The van der Waals surface area contributed by atoms with Crippen LogP contribution in [-0.2, 0) is 20.7 Å². The minimum absolute atomic E-state index is 0.0480. The van der Waals surface area contributed by atoms with E-state index in [1.165, 1.54) is 4.90 Å². The quantitative estimate of drug-likeness (QED) is 0.923. The Bertz CT molecular complexity index is 535. The van der Waals surface area contributed by atoms with E-state index >= 15 is 0 Å². The molecule has 20 heavy (non-hydrogen) atoms. The predicted octanol–water partition coefficient (Wildman–Crippen LogP) is 1.85. The number of aliphatic carboxylic acids is 1. The summed E-state index contributed by atoms with van der Waals surface area (Å²) in [5, 5.41) is 9.87. The Morgan fingerprint density at radius 3 is 2.85 bits per heavy atom. The molecule has 1 atom stereocenters. The van der Waals surface area contributed by atoms with Crippen molar-refractivity contribution >= 4 is 35.1 Å². The van der Waals surface area contributed by atoms with Crippen molar-refractivity contribution in [1.82, 2.24) is 4.90 Å². The van der Waals surface area contributed by atoms with Crippen LogP contribution in [-0.4, -0.2) is 47.7 Å². The average Bonchev–Trinajstić information content (AvgIpc) is 2.43. The summed E-state index contributed by atoms with van der Waals surface area (Å²) in [6.45, 7) is 0.638. The molecule has 7 heteroatoms. The lowest BCUT2D eigenvalue weighted by Crippen LogP contribution is -2.49. The van der Waals surface area contributed by atoms with Crippen LogP contribution in [0.2, 0.25) is 10.0 Å². The number of rotatable bonds is 3. The third-order valence-corrected chi connectivity index (χ3v) is 3.65. The first-order valence-electron chi connectivity index (χ1n) is 6.03. The van der Waals surface area contributed by atoms with Crippen molar-refractivity contribution in [3.63, 3.8) is 0 Å². The van der Waals surface area contributed by atoms with E-state index in [1.54, 1.807) is 18.2 Å². The van der Waals surface area contributed by atoms with Crippen molar-refractivity contribution in [3.8, 4) is 0 Å². The van der Waals surface area contributed by atoms with Gasteiger partial charge in [-0.3, -0.25) is 4.79 Å². The molecular weight excluding hydrogens is 305 g/mol. The van der Waals surface area contributed by atoms with Crippen LogP contribution in [0.15, 0.2) is 18.2 Å². The van der Waals surface area contributed by atoms with Gasteiger partial charge in [-0.1, -0.05) is 23.2 Å². The minimum atomic E-state index is -1.07. The van der Waals surface area contributed by atoms with E-state index < -0.39 is 12.1 Å². The summed E-state index contributed by atoms with van der Waals surface area (Å²) >= 11 is 11.9. The lowest BCUT2D eigenvalue weighted by atomic mass is 10.1. The van der Waals surface area contributed by atoms with Gasteiger partial charge < -0.3 is 14.7 Å². The number of carbonyl (C=O) groups excluding carboxylic acids is 1. The number of morpholine rings is 1. The van der Waals surface area contributed by atoms with E-state index in [2.05, 4.69) is 0 Å². The number of ether oxygens (including phenoxy) is 1. The van der Waals surface area contributed by atoms with Crippen LogP contribution in [0.3, 0.4) is 0 Å². The van der Waals surface area contributed by atoms with E-state index in [9.17, 15) is 9.59 Å². The van der Waals surface area contributed by atoms with Crippen molar-refractivity contribution in [1.29, 1.82) is 0 Å². The fourth-order valence-corrected chi connectivity index (χ4v) is 2.36. The number of carbonyl (C=O) groups is 2. The fourth-order valence-electron chi connectivity index (χ4n) is 1.98. The number of halogens is 2. The summed E-state index contributed by atoms with van der Waals surface area (Å²) in [5.41, 5.74) is 0.627. The highest BCUT2D eigenvalue weighted by atomic mass is 35.5. The van der Waals surface area contributed by atoms with Gasteiger partial charge in [0.05, 0.1) is 19.6 Å². The standard InChI is InChI=1S/C13H13Cl2NO4/c14-9-1-2-10(15)8(5-9)6-12(17)16-3-4-20-11(7-16)13(18)19/h1-2,5,11H,3-4,6-7H2,(H,18,19)/t11-/m0/s1. The fraction of sp³-hybridized carbons (Fsp3) is 0.385. The molecular formula is C13H13Cl2NO4. The number of hydrogen-bond acceptors (Lipinski definition) is 3. The number of amides is 1. The van der Waals surface area contributed by atoms with Gasteiger partial charge in [-0.25, -0.2) is 4.79 Å². The highest BCUT2D eigenvalue weighted by molar-refractivity contribution is 6.33. The molecule has 1 N–H and O–H groups in total. The number of nitrogens with zero attached hydrogens (tertiary/aromatic N) is 1. The molecule has 0 saturated carbocycles. The van der Waals surface area contributed by atoms with Gasteiger partial charge in [-0.05, 0) is 23.8 Å². The van der Waals surface area contributed by atoms with Gasteiger partial charge in [0.15, 0.2) is 6.10 Å². The molecule has 1 heterocycles. The highest BCUT2D eigenvalue weighted by Crippen LogP contribution is 2.22. The van der Waals surface area contributed by atoms with Crippen molar-refractivity contribution in [2.45, 2.75) is 12.5 Å². The molecule has 2 rings (SSSR count). The molecule has 1 aliphatic rings. The topological polar surface area (TPSA) is 66.8 Å². The van der Waals surface area contributed by atoms with Crippen LogP contribution in [0, 0.1) is 0 Å². The maximum absolute atomic E-state index is 12.2. The first kappa shape index (κ1) is 15.1. The van der Waals surface area contributed by atoms with E-state index in [-0.39, 0.29) is 25.5 Å². The number of benzene rings is 1.